The van der Waals surface area contributed by atoms with Gasteiger partial charge in [0.05, 0.1) is 4.83 Å². The van der Waals surface area contributed by atoms with Crippen LogP contribution >= 0.6 is 31.9 Å². The van der Waals surface area contributed by atoms with Crippen LogP contribution in [0.4, 0.5) is 0 Å². The van der Waals surface area contributed by atoms with E-state index in [1.807, 2.05) is 0 Å². The van der Waals surface area contributed by atoms with E-state index in [9.17, 15) is 0 Å². The van der Waals surface area contributed by atoms with Gasteiger partial charge in [0, 0.05) is 5.41 Å². The molecule has 1 aliphatic carbocycles. The summed E-state index contributed by atoms with van der Waals surface area (Å²) in [6, 6.07) is 0. The van der Waals surface area contributed by atoms with Crippen molar-refractivity contribution in [1.82, 2.24) is 0 Å². The first kappa shape index (κ1) is 12.0. The van der Waals surface area contributed by atoms with E-state index in [1.165, 1.54) is 24.2 Å². The van der Waals surface area contributed by atoms with Crippen LogP contribution in [0.25, 0.3) is 0 Å². The van der Waals surface area contributed by atoms with E-state index in [0.29, 0.717) is 4.83 Å². The Labute approximate surface area is 109 Å². The topological polar surface area (TPSA) is 9.23 Å². The van der Waals surface area contributed by atoms with Gasteiger partial charge >= 0.3 is 0 Å². The minimum Gasteiger partial charge on any atom is -0.481 e. The smallest absolute Gasteiger partial charge is 0.169 e. The third kappa shape index (κ3) is 1.80. The first-order valence-corrected chi connectivity index (χ1v) is 7.29. The number of rotatable bonds is 0. The van der Waals surface area contributed by atoms with Crippen molar-refractivity contribution in [3.63, 3.8) is 0 Å². The molecule has 3 heteroatoms. The van der Waals surface area contributed by atoms with Crippen molar-refractivity contribution < 1.29 is 4.74 Å². The number of allylic oxidation sites excluding steroid dienone is 1. The average molecular weight is 338 g/mol. The van der Waals surface area contributed by atoms with E-state index >= 15 is 0 Å². The number of alkyl halides is 2. The number of hydrogen-bond acceptors (Lipinski definition) is 1. The normalized spacial score (nSPS) is 37.5. The van der Waals surface area contributed by atoms with Crippen molar-refractivity contribution in [3.8, 4) is 0 Å². The van der Waals surface area contributed by atoms with Gasteiger partial charge in [0.15, 0.2) is 5.01 Å². The molecule has 0 bridgehead atoms. The molecule has 0 aromatic heterocycles. The summed E-state index contributed by atoms with van der Waals surface area (Å²) >= 11 is 7.33. The molecule has 0 aromatic rings. The Balaban J connectivity index is 2.50. The summed E-state index contributed by atoms with van der Waals surface area (Å²) in [5.41, 5.74) is 1.92. The predicted octanol–water partition coefficient (Wildman–Crippen LogP) is 4.60. The molecule has 0 N–H and O–H groups in total. The van der Waals surface area contributed by atoms with Gasteiger partial charge < -0.3 is 4.74 Å². The van der Waals surface area contributed by atoms with Crippen LogP contribution in [0.15, 0.2) is 11.3 Å². The van der Waals surface area contributed by atoms with Gasteiger partial charge in [-0.15, -0.1) is 0 Å². The van der Waals surface area contributed by atoms with Crippen LogP contribution < -0.4 is 0 Å². The van der Waals surface area contributed by atoms with Crippen molar-refractivity contribution in [2.75, 3.05) is 0 Å². The lowest BCUT2D eigenvalue weighted by atomic mass is 9.66. The van der Waals surface area contributed by atoms with Crippen LogP contribution in [-0.2, 0) is 4.74 Å². The number of hydrogen-bond donors (Lipinski definition) is 0. The Kier molecular flexibility index (Phi) is 2.79. The van der Waals surface area contributed by atoms with Gasteiger partial charge in [0.1, 0.15) is 5.76 Å². The minimum atomic E-state index is 0.0964. The fourth-order valence-electron chi connectivity index (χ4n) is 2.57. The van der Waals surface area contributed by atoms with Crippen LogP contribution in [0.3, 0.4) is 0 Å². The standard InChI is InChI=1S/C12H18Br2O/c1-11(2)5-6-12(3,4)9-7(11)8(13)10(14)15-9/h8,10H,5-6H2,1-4H3. The highest BCUT2D eigenvalue weighted by Gasteiger charge is 2.49. The van der Waals surface area contributed by atoms with Crippen molar-refractivity contribution >= 4 is 31.9 Å². The van der Waals surface area contributed by atoms with Crippen LogP contribution in [0.2, 0.25) is 0 Å². The second kappa shape index (κ2) is 3.49. The Hall–Kier alpha value is 0.500. The molecule has 2 rings (SSSR count). The molecule has 0 spiro atoms. The molecular weight excluding hydrogens is 320 g/mol. The second-order valence-corrected chi connectivity index (χ2v) is 7.77. The Morgan fingerprint density at radius 1 is 1.07 bits per heavy atom. The van der Waals surface area contributed by atoms with Crippen LogP contribution in [0.1, 0.15) is 40.5 Å². The van der Waals surface area contributed by atoms with Crippen LogP contribution in [0, 0.1) is 10.8 Å². The third-order valence-corrected chi connectivity index (χ3v) is 6.06. The molecule has 1 heterocycles. The number of halogens is 2. The average Bonchev–Trinajstić information content (AvgIpc) is 2.40. The lowest BCUT2D eigenvalue weighted by Gasteiger charge is -2.40. The first-order chi connectivity index (χ1) is 6.76. The van der Waals surface area contributed by atoms with Gasteiger partial charge in [0.25, 0.3) is 0 Å². The summed E-state index contributed by atoms with van der Waals surface area (Å²) in [6.07, 6.45) is 2.45. The van der Waals surface area contributed by atoms with Crippen LogP contribution in [-0.4, -0.2) is 9.84 Å². The molecule has 1 nitrogen and oxygen atoms in total. The fraction of sp³-hybridized carbons (Fsp3) is 0.833. The zero-order chi connectivity index (χ0) is 11.4. The molecule has 2 unspecified atom stereocenters. The fourth-order valence-corrected chi connectivity index (χ4v) is 3.96. The summed E-state index contributed by atoms with van der Waals surface area (Å²) in [4.78, 5) is 0.321. The Morgan fingerprint density at radius 3 is 2.13 bits per heavy atom. The molecule has 2 aliphatic rings. The summed E-state index contributed by atoms with van der Waals surface area (Å²) in [5, 5.41) is 0.0964. The molecule has 0 saturated heterocycles. The van der Waals surface area contributed by atoms with E-state index in [0.717, 1.165) is 0 Å². The van der Waals surface area contributed by atoms with Crippen molar-refractivity contribution in [2.24, 2.45) is 10.8 Å². The highest BCUT2D eigenvalue weighted by Crippen LogP contribution is 2.56. The molecular formula is C12H18Br2O. The van der Waals surface area contributed by atoms with Gasteiger partial charge in [-0.1, -0.05) is 43.6 Å². The summed E-state index contributed by atoms with van der Waals surface area (Å²) in [5.74, 6) is 1.21. The molecule has 0 aromatic carbocycles. The highest BCUT2D eigenvalue weighted by molar-refractivity contribution is 9.12. The molecule has 0 amide bonds. The minimum absolute atomic E-state index is 0.0964. The zero-order valence-electron chi connectivity index (χ0n) is 9.73. The van der Waals surface area contributed by atoms with Gasteiger partial charge in [0.2, 0.25) is 0 Å². The van der Waals surface area contributed by atoms with Crippen LogP contribution in [0.5, 0.6) is 0 Å². The SMILES string of the molecule is CC1(C)CCC(C)(C)C2=C1OC(Br)C2Br. The number of ether oxygens (including phenoxy) is 1. The third-order valence-electron chi connectivity index (χ3n) is 3.70. The van der Waals surface area contributed by atoms with E-state index in [1.54, 1.807) is 0 Å². The lowest BCUT2D eigenvalue weighted by Crippen LogP contribution is -2.31. The first-order valence-electron chi connectivity index (χ1n) is 5.46. The molecule has 0 fully saturated rings. The van der Waals surface area contributed by atoms with Gasteiger partial charge in [-0.3, -0.25) is 0 Å². The summed E-state index contributed by atoms with van der Waals surface area (Å²) in [6.45, 7) is 9.20. The predicted molar refractivity (Wildman–Crippen MR) is 70.3 cm³/mol. The quantitative estimate of drug-likeness (QED) is 0.587. The van der Waals surface area contributed by atoms with Crippen molar-refractivity contribution in [1.29, 1.82) is 0 Å². The Bertz CT molecular complexity index is 318. The largest absolute Gasteiger partial charge is 0.481 e. The molecule has 0 radical (unpaired) electrons. The van der Waals surface area contributed by atoms with E-state index in [-0.39, 0.29) is 15.8 Å². The molecule has 15 heavy (non-hydrogen) atoms. The maximum Gasteiger partial charge on any atom is 0.169 e. The summed E-state index contributed by atoms with van der Waals surface area (Å²) < 4.78 is 5.98. The highest BCUT2D eigenvalue weighted by atomic mass is 79.9. The van der Waals surface area contributed by atoms with Crippen molar-refractivity contribution in [2.45, 2.75) is 50.4 Å². The van der Waals surface area contributed by atoms with Crippen molar-refractivity contribution in [3.05, 3.63) is 11.3 Å². The molecule has 0 saturated carbocycles. The van der Waals surface area contributed by atoms with Gasteiger partial charge in [-0.05, 0) is 39.8 Å². The zero-order valence-corrected chi connectivity index (χ0v) is 12.9. The van der Waals surface area contributed by atoms with E-state index < -0.39 is 0 Å². The lowest BCUT2D eigenvalue weighted by molar-refractivity contribution is 0.130. The van der Waals surface area contributed by atoms with Gasteiger partial charge in [-0.25, -0.2) is 0 Å². The van der Waals surface area contributed by atoms with E-state index in [2.05, 4.69) is 59.6 Å². The van der Waals surface area contributed by atoms with Gasteiger partial charge in [-0.2, -0.15) is 0 Å². The monoisotopic (exact) mass is 336 g/mol. The summed E-state index contributed by atoms with van der Waals surface area (Å²) in [7, 11) is 0. The maximum atomic E-state index is 5.98. The molecule has 2 atom stereocenters. The maximum absolute atomic E-state index is 5.98. The second-order valence-electron chi connectivity index (χ2n) is 5.88. The van der Waals surface area contributed by atoms with E-state index in [4.69, 9.17) is 4.74 Å². The molecule has 86 valence electrons. The molecule has 1 aliphatic heterocycles. The Morgan fingerprint density at radius 2 is 1.60 bits per heavy atom.